The van der Waals surface area contributed by atoms with Gasteiger partial charge in [0.1, 0.15) is 11.4 Å². The number of hydrogen-bond acceptors (Lipinski definition) is 8. The van der Waals surface area contributed by atoms with E-state index in [0.29, 0.717) is 17.1 Å². The van der Waals surface area contributed by atoms with Crippen LogP contribution in [0.5, 0.6) is 11.5 Å². The zero-order chi connectivity index (χ0) is 29.9. The lowest BCUT2D eigenvalue weighted by Gasteiger charge is -2.29. The van der Waals surface area contributed by atoms with Crippen molar-refractivity contribution in [1.82, 2.24) is 9.55 Å². The zero-order valence-electron chi connectivity index (χ0n) is 22.1. The molecule has 1 aliphatic rings. The van der Waals surface area contributed by atoms with Crippen LogP contribution in [0.1, 0.15) is 16.1 Å². The van der Waals surface area contributed by atoms with Gasteiger partial charge in [-0.05, 0) is 48.5 Å². The lowest BCUT2D eigenvalue weighted by atomic mass is 10.2. The molecule has 2 N–H and O–H groups in total. The van der Waals surface area contributed by atoms with E-state index in [4.69, 9.17) is 10.1 Å². The topological polar surface area (TPSA) is 134 Å². The summed E-state index contributed by atoms with van der Waals surface area (Å²) in [7, 11) is -3.09. The molecule has 0 radical (unpaired) electrons. The van der Waals surface area contributed by atoms with Crippen LogP contribution in [0.15, 0.2) is 77.9 Å². The lowest BCUT2D eigenvalue weighted by molar-refractivity contribution is 0.102. The van der Waals surface area contributed by atoms with E-state index >= 15 is 4.39 Å². The Bertz CT molecular complexity index is 1810. The largest absolute Gasteiger partial charge is 0.452 e. The molecule has 0 saturated carbocycles. The molecule has 0 spiro atoms. The molecular weight excluding hydrogens is 568 g/mol. The molecule has 0 bridgehead atoms. The van der Waals surface area contributed by atoms with Crippen LogP contribution in [0, 0.1) is 17.0 Å². The van der Waals surface area contributed by atoms with E-state index in [-0.39, 0.29) is 53.8 Å². The standard InChI is InChI=1S/C29H25F2N5O5S/c30-19-3-6-21(7-4-19)36-11-1-2-23(29(36)38)28(37)34-20-5-8-26(24(31)16-20)41-27-17-22(18-33-25(27)9-10-32)35-12-14-42(39,40)15-13-35/h1-8,10-11,16-18,32H,9,12-15H2,(H,34,37). The molecule has 1 aliphatic heterocycles. The molecule has 0 aliphatic carbocycles. The quantitative estimate of drug-likeness (QED) is 0.295. The van der Waals surface area contributed by atoms with Gasteiger partial charge in [0.25, 0.3) is 11.5 Å². The third kappa shape index (κ3) is 6.36. The van der Waals surface area contributed by atoms with Gasteiger partial charge in [-0.15, -0.1) is 0 Å². The number of pyridine rings is 2. The fourth-order valence-corrected chi connectivity index (χ4v) is 5.60. The number of rotatable bonds is 8. The number of nitrogens with one attached hydrogen (secondary N) is 2. The van der Waals surface area contributed by atoms with Crippen molar-refractivity contribution in [3.05, 3.63) is 106 Å². The Kier molecular flexibility index (Phi) is 8.11. The van der Waals surface area contributed by atoms with Crippen molar-refractivity contribution in [2.45, 2.75) is 6.42 Å². The minimum atomic E-state index is -3.09. The minimum Gasteiger partial charge on any atom is -0.452 e. The lowest BCUT2D eigenvalue weighted by Crippen LogP contribution is -2.40. The predicted octanol–water partition coefficient (Wildman–Crippen LogP) is 3.98. The van der Waals surface area contributed by atoms with Crippen LogP contribution >= 0.6 is 0 Å². The van der Waals surface area contributed by atoms with Gasteiger partial charge in [0, 0.05) is 55.4 Å². The van der Waals surface area contributed by atoms with Gasteiger partial charge < -0.3 is 20.4 Å². The summed E-state index contributed by atoms with van der Waals surface area (Å²) in [5, 5.41) is 9.95. The Morgan fingerprint density at radius 2 is 1.76 bits per heavy atom. The van der Waals surface area contributed by atoms with Crippen LogP contribution in [0.25, 0.3) is 5.69 Å². The second-order valence-corrected chi connectivity index (χ2v) is 11.8. The first-order valence-corrected chi connectivity index (χ1v) is 14.7. The molecule has 1 saturated heterocycles. The molecular formula is C29H25F2N5O5S. The van der Waals surface area contributed by atoms with Crippen LogP contribution in [0.3, 0.4) is 0 Å². The number of nitrogens with zero attached hydrogens (tertiary/aromatic N) is 3. The number of benzene rings is 2. The highest BCUT2D eigenvalue weighted by Gasteiger charge is 2.23. The number of aromatic nitrogens is 2. The second kappa shape index (κ2) is 11.9. The van der Waals surface area contributed by atoms with Gasteiger partial charge in [-0.3, -0.25) is 19.1 Å². The van der Waals surface area contributed by atoms with Crippen LogP contribution in [-0.4, -0.2) is 54.7 Å². The average molecular weight is 594 g/mol. The average Bonchev–Trinajstić information content (AvgIpc) is 2.96. The molecule has 5 rings (SSSR count). The molecule has 10 nitrogen and oxygen atoms in total. The Hall–Kier alpha value is -4.91. The summed E-state index contributed by atoms with van der Waals surface area (Å²) < 4.78 is 59.0. The predicted molar refractivity (Wildman–Crippen MR) is 154 cm³/mol. The molecule has 3 heterocycles. The Morgan fingerprint density at radius 3 is 2.45 bits per heavy atom. The van der Waals surface area contributed by atoms with Crippen LogP contribution in [0.2, 0.25) is 0 Å². The van der Waals surface area contributed by atoms with Crippen LogP contribution in [-0.2, 0) is 16.3 Å². The summed E-state index contributed by atoms with van der Waals surface area (Å²) in [4.78, 5) is 32.0. The summed E-state index contributed by atoms with van der Waals surface area (Å²) in [6, 6.07) is 13.4. The summed E-state index contributed by atoms with van der Waals surface area (Å²) in [5.41, 5.74) is 0.591. The van der Waals surface area contributed by atoms with E-state index in [0.717, 1.165) is 12.3 Å². The van der Waals surface area contributed by atoms with Gasteiger partial charge >= 0.3 is 0 Å². The van der Waals surface area contributed by atoms with Crippen molar-refractivity contribution in [2.75, 3.05) is 34.8 Å². The normalized spacial score (nSPS) is 14.3. The van der Waals surface area contributed by atoms with Gasteiger partial charge in [-0.25, -0.2) is 17.2 Å². The molecule has 216 valence electrons. The number of amides is 1. The number of sulfone groups is 1. The van der Waals surface area contributed by atoms with Crippen LogP contribution < -0.4 is 20.5 Å². The first kappa shape index (κ1) is 28.6. The maximum atomic E-state index is 15.1. The Morgan fingerprint density at radius 1 is 1.02 bits per heavy atom. The zero-order valence-corrected chi connectivity index (χ0v) is 22.9. The van der Waals surface area contributed by atoms with Crippen molar-refractivity contribution in [2.24, 2.45) is 0 Å². The molecule has 2 aromatic heterocycles. The fourth-order valence-electron chi connectivity index (χ4n) is 4.39. The highest BCUT2D eigenvalue weighted by molar-refractivity contribution is 7.91. The van der Waals surface area contributed by atoms with E-state index in [1.54, 1.807) is 12.3 Å². The van der Waals surface area contributed by atoms with E-state index in [1.807, 2.05) is 4.90 Å². The van der Waals surface area contributed by atoms with Gasteiger partial charge in [0.15, 0.2) is 27.2 Å². The van der Waals surface area contributed by atoms with Crippen molar-refractivity contribution in [1.29, 1.82) is 5.41 Å². The molecule has 0 unspecified atom stereocenters. The summed E-state index contributed by atoms with van der Waals surface area (Å²) >= 11 is 0. The van der Waals surface area contributed by atoms with Gasteiger partial charge in [-0.2, -0.15) is 0 Å². The maximum absolute atomic E-state index is 15.1. The molecule has 4 aromatic rings. The number of ether oxygens (including phenoxy) is 1. The first-order valence-electron chi connectivity index (χ1n) is 12.8. The number of carbonyl (C=O) groups is 1. The molecule has 1 amide bonds. The van der Waals surface area contributed by atoms with E-state index in [9.17, 15) is 22.4 Å². The summed E-state index contributed by atoms with van der Waals surface area (Å²) in [5.74, 6) is -1.99. The number of halogens is 2. The molecule has 42 heavy (non-hydrogen) atoms. The first-order chi connectivity index (χ1) is 20.1. The monoisotopic (exact) mass is 593 g/mol. The molecule has 2 aromatic carbocycles. The number of carbonyl (C=O) groups excluding carboxylic acids is 1. The van der Waals surface area contributed by atoms with Crippen LogP contribution in [0.4, 0.5) is 20.2 Å². The van der Waals surface area contributed by atoms with Crippen molar-refractivity contribution in [3.63, 3.8) is 0 Å². The van der Waals surface area contributed by atoms with E-state index < -0.39 is 32.9 Å². The fraction of sp³-hybridized carbons (Fsp3) is 0.172. The maximum Gasteiger partial charge on any atom is 0.267 e. The SMILES string of the molecule is N=CCc1ncc(N2CCS(=O)(=O)CC2)cc1Oc1ccc(NC(=O)c2cccn(-c3ccc(F)cc3)c2=O)cc1F. The third-order valence-electron chi connectivity index (χ3n) is 6.63. The van der Waals surface area contributed by atoms with Crippen molar-refractivity contribution >= 4 is 33.3 Å². The minimum absolute atomic E-state index is 0.0102. The Balaban J connectivity index is 1.34. The van der Waals surface area contributed by atoms with Gasteiger partial charge in [0.05, 0.1) is 29.1 Å². The highest BCUT2D eigenvalue weighted by atomic mass is 32.2. The van der Waals surface area contributed by atoms with E-state index in [2.05, 4.69) is 10.3 Å². The highest BCUT2D eigenvalue weighted by Crippen LogP contribution is 2.32. The Labute approximate surface area is 239 Å². The smallest absolute Gasteiger partial charge is 0.267 e. The molecule has 13 heteroatoms. The molecule has 0 atom stereocenters. The molecule has 1 fully saturated rings. The third-order valence-corrected chi connectivity index (χ3v) is 8.24. The number of hydrogen-bond donors (Lipinski definition) is 2. The number of anilines is 2. The summed E-state index contributed by atoms with van der Waals surface area (Å²) in [6.07, 6.45) is 4.27. The van der Waals surface area contributed by atoms with Crippen molar-refractivity contribution < 1.29 is 26.7 Å². The van der Waals surface area contributed by atoms with Crippen molar-refractivity contribution in [3.8, 4) is 17.2 Å². The van der Waals surface area contributed by atoms with Gasteiger partial charge in [0.2, 0.25) is 0 Å². The van der Waals surface area contributed by atoms with Gasteiger partial charge in [-0.1, -0.05) is 0 Å². The summed E-state index contributed by atoms with van der Waals surface area (Å²) in [6.45, 7) is 0.568. The van der Waals surface area contributed by atoms with E-state index in [1.165, 1.54) is 59.3 Å². The second-order valence-electron chi connectivity index (χ2n) is 9.46.